The maximum atomic E-state index is 12.2. The molecule has 1 heterocycles. The highest BCUT2D eigenvalue weighted by Gasteiger charge is 2.30. The largest absolute Gasteiger partial charge is 0.492 e. The number of rotatable bonds is 4. The Kier molecular flexibility index (Phi) is 3.89. The van der Waals surface area contributed by atoms with Crippen molar-refractivity contribution in [2.75, 3.05) is 6.61 Å². The quantitative estimate of drug-likeness (QED) is 0.324. The number of benzene rings is 1. The van der Waals surface area contributed by atoms with Gasteiger partial charge in [0.15, 0.2) is 0 Å². The smallest absolute Gasteiger partial charge is 0.231 e. The maximum Gasteiger partial charge on any atom is 0.231 e. The molecule has 0 saturated carbocycles. The summed E-state index contributed by atoms with van der Waals surface area (Å²) in [5, 5.41) is 14.2. The Morgan fingerprint density at radius 3 is 3.11 bits per heavy atom. The second kappa shape index (κ2) is 5.60. The van der Waals surface area contributed by atoms with Crippen molar-refractivity contribution in [2.24, 2.45) is 10.9 Å². The van der Waals surface area contributed by atoms with Gasteiger partial charge in [0.2, 0.25) is 5.91 Å². The van der Waals surface area contributed by atoms with E-state index in [1.165, 1.54) is 0 Å². The third-order valence-corrected chi connectivity index (χ3v) is 3.05. The van der Waals surface area contributed by atoms with Crippen LogP contribution in [0.2, 0.25) is 0 Å². The molecule has 4 N–H and O–H groups in total. The lowest BCUT2D eigenvalue weighted by Gasteiger charge is -2.16. The van der Waals surface area contributed by atoms with Gasteiger partial charge in [-0.25, -0.2) is 0 Å². The first-order chi connectivity index (χ1) is 9.11. The minimum Gasteiger partial charge on any atom is -0.492 e. The topological polar surface area (TPSA) is 96.9 Å². The lowest BCUT2D eigenvalue weighted by atomic mass is 10.00. The zero-order chi connectivity index (χ0) is 13.8. The van der Waals surface area contributed by atoms with Crippen LogP contribution in [-0.4, -0.2) is 29.6 Å². The summed E-state index contributed by atoms with van der Waals surface area (Å²) in [5.41, 5.74) is 6.30. The normalized spacial score (nSPS) is 19.4. The molecule has 2 rings (SSSR count). The standard InChI is InChI=1S/C13H17N3O3/c1-8(6-12(14)16-18)15-13(17)10-7-19-11-5-3-2-4-9(10)11/h2-5,8,10,18H,6-7H2,1H3,(H2,14,16)(H,15,17). The number of ether oxygens (including phenoxy) is 1. The molecule has 1 aliphatic rings. The number of carbonyl (C=O) groups is 1. The molecule has 102 valence electrons. The molecule has 1 aliphatic heterocycles. The van der Waals surface area contributed by atoms with Gasteiger partial charge in [-0.05, 0) is 13.0 Å². The van der Waals surface area contributed by atoms with Crippen LogP contribution >= 0.6 is 0 Å². The van der Waals surface area contributed by atoms with Crippen molar-refractivity contribution in [3.8, 4) is 5.75 Å². The van der Waals surface area contributed by atoms with Gasteiger partial charge in [0.05, 0.1) is 0 Å². The first kappa shape index (κ1) is 13.2. The first-order valence-electron chi connectivity index (χ1n) is 6.10. The summed E-state index contributed by atoms with van der Waals surface area (Å²) in [4.78, 5) is 12.2. The molecule has 0 radical (unpaired) electrons. The molecule has 6 nitrogen and oxygen atoms in total. The van der Waals surface area contributed by atoms with E-state index < -0.39 is 0 Å². The van der Waals surface area contributed by atoms with Gasteiger partial charge in [0, 0.05) is 18.0 Å². The van der Waals surface area contributed by atoms with E-state index in [0.717, 1.165) is 11.3 Å². The summed E-state index contributed by atoms with van der Waals surface area (Å²) in [6.07, 6.45) is 0.303. The predicted molar refractivity (Wildman–Crippen MR) is 70.3 cm³/mol. The Morgan fingerprint density at radius 1 is 1.63 bits per heavy atom. The van der Waals surface area contributed by atoms with E-state index >= 15 is 0 Å². The highest BCUT2D eigenvalue weighted by Crippen LogP contribution is 2.33. The van der Waals surface area contributed by atoms with Gasteiger partial charge >= 0.3 is 0 Å². The van der Waals surface area contributed by atoms with Crippen LogP contribution in [0.5, 0.6) is 5.75 Å². The number of hydrogen-bond acceptors (Lipinski definition) is 4. The second-order valence-electron chi connectivity index (χ2n) is 4.61. The average Bonchev–Trinajstić information content (AvgIpc) is 2.82. The van der Waals surface area contributed by atoms with Crippen LogP contribution in [-0.2, 0) is 4.79 Å². The Bertz CT molecular complexity index is 502. The van der Waals surface area contributed by atoms with Gasteiger partial charge in [0.25, 0.3) is 0 Å². The molecule has 2 atom stereocenters. The summed E-state index contributed by atoms with van der Waals surface area (Å²) in [6, 6.07) is 7.30. The van der Waals surface area contributed by atoms with Gasteiger partial charge in [0.1, 0.15) is 24.1 Å². The van der Waals surface area contributed by atoms with Crippen molar-refractivity contribution in [3.05, 3.63) is 29.8 Å². The Labute approximate surface area is 111 Å². The van der Waals surface area contributed by atoms with Gasteiger partial charge in [-0.1, -0.05) is 23.4 Å². The third-order valence-electron chi connectivity index (χ3n) is 3.05. The maximum absolute atomic E-state index is 12.2. The summed E-state index contributed by atoms with van der Waals surface area (Å²) in [6.45, 7) is 2.15. The molecule has 0 spiro atoms. The minimum atomic E-state index is -0.300. The molecule has 0 fully saturated rings. The SMILES string of the molecule is CC(CC(N)=NO)NC(=O)C1COc2ccccc21. The highest BCUT2D eigenvalue weighted by atomic mass is 16.5. The number of carbonyl (C=O) groups excluding carboxylic acids is 1. The van der Waals surface area contributed by atoms with Crippen molar-refractivity contribution >= 4 is 11.7 Å². The van der Waals surface area contributed by atoms with E-state index in [2.05, 4.69) is 10.5 Å². The fraction of sp³-hybridized carbons (Fsp3) is 0.385. The molecule has 0 aromatic heterocycles. The van der Waals surface area contributed by atoms with Crippen molar-refractivity contribution in [1.82, 2.24) is 5.32 Å². The Hall–Kier alpha value is -2.24. The number of amides is 1. The number of nitrogens with two attached hydrogens (primary N) is 1. The number of amidine groups is 1. The second-order valence-corrected chi connectivity index (χ2v) is 4.61. The van der Waals surface area contributed by atoms with Crippen molar-refractivity contribution in [3.63, 3.8) is 0 Å². The van der Waals surface area contributed by atoms with Crippen LogP contribution in [0.4, 0.5) is 0 Å². The minimum absolute atomic E-state index is 0.0934. The third kappa shape index (κ3) is 2.96. The van der Waals surface area contributed by atoms with E-state index in [1.807, 2.05) is 24.3 Å². The Balaban J connectivity index is 1.98. The van der Waals surface area contributed by atoms with Crippen LogP contribution < -0.4 is 15.8 Å². The average molecular weight is 263 g/mol. The molecular weight excluding hydrogens is 246 g/mol. The molecule has 0 bridgehead atoms. The predicted octanol–water partition coefficient (Wildman–Crippen LogP) is 0.804. The zero-order valence-corrected chi connectivity index (χ0v) is 10.7. The number of nitrogens with zero attached hydrogens (tertiary/aromatic N) is 1. The molecule has 2 unspecified atom stereocenters. The van der Waals surface area contributed by atoms with Crippen LogP contribution in [0.15, 0.2) is 29.4 Å². The molecule has 0 aliphatic carbocycles. The van der Waals surface area contributed by atoms with E-state index in [9.17, 15) is 4.79 Å². The van der Waals surface area contributed by atoms with Crippen LogP contribution in [0.3, 0.4) is 0 Å². The van der Waals surface area contributed by atoms with Crippen molar-refractivity contribution in [1.29, 1.82) is 0 Å². The summed E-state index contributed by atoms with van der Waals surface area (Å²) in [7, 11) is 0. The van der Waals surface area contributed by atoms with Gasteiger partial charge < -0.3 is 21.0 Å². The fourth-order valence-electron chi connectivity index (χ4n) is 2.13. The molecule has 1 amide bonds. The molecule has 0 saturated heterocycles. The number of oxime groups is 1. The number of nitrogens with one attached hydrogen (secondary N) is 1. The molecule has 6 heteroatoms. The molecular formula is C13H17N3O3. The number of para-hydroxylation sites is 1. The lowest BCUT2D eigenvalue weighted by molar-refractivity contribution is -0.123. The van der Waals surface area contributed by atoms with Gasteiger partial charge in [-0.2, -0.15) is 0 Å². The summed E-state index contributed by atoms with van der Waals surface area (Å²) >= 11 is 0. The monoisotopic (exact) mass is 263 g/mol. The zero-order valence-electron chi connectivity index (χ0n) is 10.7. The molecule has 1 aromatic rings. The van der Waals surface area contributed by atoms with Gasteiger partial charge in [-0.15, -0.1) is 0 Å². The highest BCUT2D eigenvalue weighted by molar-refractivity contribution is 5.86. The number of hydrogen-bond donors (Lipinski definition) is 3. The number of fused-ring (bicyclic) bond motifs is 1. The van der Waals surface area contributed by atoms with Crippen LogP contribution in [0.25, 0.3) is 0 Å². The molecule has 1 aromatic carbocycles. The fourth-order valence-corrected chi connectivity index (χ4v) is 2.13. The van der Waals surface area contributed by atoms with E-state index in [0.29, 0.717) is 13.0 Å². The van der Waals surface area contributed by atoms with E-state index in [1.54, 1.807) is 6.92 Å². The summed E-state index contributed by atoms with van der Waals surface area (Å²) < 4.78 is 5.47. The van der Waals surface area contributed by atoms with E-state index in [4.69, 9.17) is 15.7 Å². The Morgan fingerprint density at radius 2 is 2.37 bits per heavy atom. The molecule has 19 heavy (non-hydrogen) atoms. The van der Waals surface area contributed by atoms with Crippen molar-refractivity contribution < 1.29 is 14.7 Å². The first-order valence-corrected chi connectivity index (χ1v) is 6.10. The van der Waals surface area contributed by atoms with E-state index in [-0.39, 0.29) is 23.7 Å². The lowest BCUT2D eigenvalue weighted by Crippen LogP contribution is -2.39. The van der Waals surface area contributed by atoms with Crippen LogP contribution in [0.1, 0.15) is 24.8 Å². The van der Waals surface area contributed by atoms with Crippen LogP contribution in [0, 0.1) is 0 Å². The summed E-state index contributed by atoms with van der Waals surface area (Å²) in [5.74, 6) is 0.441. The van der Waals surface area contributed by atoms with Gasteiger partial charge in [-0.3, -0.25) is 4.79 Å². The van der Waals surface area contributed by atoms with Crippen molar-refractivity contribution in [2.45, 2.75) is 25.3 Å².